The van der Waals surface area contributed by atoms with E-state index in [0.717, 1.165) is 30.6 Å². The van der Waals surface area contributed by atoms with Crippen LogP contribution in [0.15, 0.2) is 12.7 Å². The number of ether oxygens (including phenoxy) is 1. The highest BCUT2D eigenvalue weighted by Crippen LogP contribution is 2.70. The smallest absolute Gasteiger partial charge is 0.330 e. The Morgan fingerprint density at radius 1 is 1.19 bits per heavy atom. The SMILES string of the molecule is C=CC(=O)O[C@@H]1CCC[C@@H]([C@@H]2C[C@@H]3CC[C@@]2(C)C3(C)C)C1. The molecule has 3 aliphatic carbocycles. The van der Waals surface area contributed by atoms with E-state index in [4.69, 9.17) is 4.74 Å². The number of rotatable bonds is 3. The third kappa shape index (κ3) is 2.26. The first-order chi connectivity index (χ1) is 9.88. The monoisotopic (exact) mass is 290 g/mol. The van der Waals surface area contributed by atoms with Crippen molar-refractivity contribution in [3.8, 4) is 0 Å². The Kier molecular flexibility index (Phi) is 3.70. The van der Waals surface area contributed by atoms with Crippen LogP contribution in [-0.2, 0) is 9.53 Å². The summed E-state index contributed by atoms with van der Waals surface area (Å²) in [7, 11) is 0. The lowest BCUT2D eigenvalue weighted by Gasteiger charge is -2.45. The Balaban J connectivity index is 1.70. The molecule has 3 saturated carbocycles. The summed E-state index contributed by atoms with van der Waals surface area (Å²) >= 11 is 0. The van der Waals surface area contributed by atoms with E-state index in [1.807, 2.05) is 0 Å². The largest absolute Gasteiger partial charge is 0.459 e. The number of hydrogen-bond donors (Lipinski definition) is 0. The summed E-state index contributed by atoms with van der Waals surface area (Å²) in [6, 6.07) is 0. The molecule has 2 nitrogen and oxygen atoms in total. The van der Waals surface area contributed by atoms with Gasteiger partial charge >= 0.3 is 5.97 Å². The van der Waals surface area contributed by atoms with Crippen molar-refractivity contribution in [1.29, 1.82) is 0 Å². The van der Waals surface area contributed by atoms with Gasteiger partial charge in [-0.25, -0.2) is 4.79 Å². The molecule has 0 aromatic carbocycles. The van der Waals surface area contributed by atoms with Crippen molar-refractivity contribution in [1.82, 2.24) is 0 Å². The summed E-state index contributed by atoms with van der Waals surface area (Å²) in [6.07, 6.45) is 10.3. The molecule has 2 bridgehead atoms. The molecule has 0 N–H and O–H groups in total. The van der Waals surface area contributed by atoms with Crippen LogP contribution in [0.4, 0.5) is 0 Å². The normalized spacial score (nSPS) is 44.5. The molecule has 2 heteroatoms. The fourth-order valence-electron chi connectivity index (χ4n) is 5.84. The molecule has 0 saturated heterocycles. The highest BCUT2D eigenvalue weighted by Gasteiger charge is 2.62. The summed E-state index contributed by atoms with van der Waals surface area (Å²) in [4.78, 5) is 11.5. The van der Waals surface area contributed by atoms with E-state index >= 15 is 0 Å². The molecule has 3 aliphatic rings. The molecule has 0 aromatic rings. The standard InChI is InChI=1S/C19H30O2/c1-5-17(20)21-15-8-6-7-13(11-15)16-12-14-9-10-19(16,4)18(14,2)3/h5,13-16H,1,6-12H2,2-4H3/t13-,14+,15-,16+,19-/m1/s1. The highest BCUT2D eigenvalue weighted by molar-refractivity contribution is 5.81. The first kappa shape index (κ1) is 15.1. The van der Waals surface area contributed by atoms with Gasteiger partial charge in [0.15, 0.2) is 0 Å². The third-order valence-corrected chi connectivity index (χ3v) is 7.55. The van der Waals surface area contributed by atoms with E-state index in [1.165, 1.54) is 38.2 Å². The lowest BCUT2D eigenvalue weighted by atomic mass is 9.61. The van der Waals surface area contributed by atoms with E-state index in [1.54, 1.807) is 0 Å². The molecular weight excluding hydrogens is 260 g/mol. The van der Waals surface area contributed by atoms with Gasteiger partial charge in [0.05, 0.1) is 0 Å². The van der Waals surface area contributed by atoms with Gasteiger partial charge in [-0.05, 0) is 73.5 Å². The van der Waals surface area contributed by atoms with Crippen LogP contribution < -0.4 is 0 Å². The minimum Gasteiger partial charge on any atom is -0.459 e. The van der Waals surface area contributed by atoms with Crippen LogP contribution >= 0.6 is 0 Å². The van der Waals surface area contributed by atoms with Crippen LogP contribution in [0.3, 0.4) is 0 Å². The molecule has 0 heterocycles. The molecule has 0 spiro atoms. The second-order valence-electron chi connectivity index (χ2n) is 8.41. The zero-order valence-corrected chi connectivity index (χ0v) is 13.9. The van der Waals surface area contributed by atoms with Crippen LogP contribution in [-0.4, -0.2) is 12.1 Å². The predicted molar refractivity (Wildman–Crippen MR) is 84.8 cm³/mol. The Bertz CT molecular complexity index is 439. The van der Waals surface area contributed by atoms with Crippen molar-refractivity contribution in [2.75, 3.05) is 0 Å². The quantitative estimate of drug-likeness (QED) is 0.554. The van der Waals surface area contributed by atoms with Gasteiger partial charge in [0.2, 0.25) is 0 Å². The van der Waals surface area contributed by atoms with Crippen molar-refractivity contribution in [2.45, 2.75) is 71.8 Å². The molecule has 118 valence electrons. The van der Waals surface area contributed by atoms with Crippen molar-refractivity contribution < 1.29 is 9.53 Å². The summed E-state index contributed by atoms with van der Waals surface area (Å²) in [5, 5.41) is 0. The number of hydrogen-bond acceptors (Lipinski definition) is 2. The summed E-state index contributed by atoms with van der Waals surface area (Å²) in [5.74, 6) is 2.23. The molecule has 0 aliphatic heterocycles. The topological polar surface area (TPSA) is 26.3 Å². The first-order valence-corrected chi connectivity index (χ1v) is 8.71. The molecule has 3 fully saturated rings. The molecule has 0 aromatic heterocycles. The maximum Gasteiger partial charge on any atom is 0.330 e. The van der Waals surface area contributed by atoms with Gasteiger partial charge in [-0.15, -0.1) is 0 Å². The zero-order chi connectivity index (χ0) is 15.3. The maximum absolute atomic E-state index is 11.5. The fraction of sp³-hybridized carbons (Fsp3) is 0.842. The van der Waals surface area contributed by atoms with Crippen molar-refractivity contribution in [3.63, 3.8) is 0 Å². The molecule has 21 heavy (non-hydrogen) atoms. The van der Waals surface area contributed by atoms with Crippen LogP contribution in [0.5, 0.6) is 0 Å². The Morgan fingerprint density at radius 2 is 1.95 bits per heavy atom. The van der Waals surface area contributed by atoms with E-state index in [9.17, 15) is 4.79 Å². The average molecular weight is 290 g/mol. The Morgan fingerprint density at radius 3 is 2.52 bits per heavy atom. The van der Waals surface area contributed by atoms with Gasteiger partial charge in [0.25, 0.3) is 0 Å². The lowest BCUT2D eigenvalue weighted by molar-refractivity contribution is -0.146. The van der Waals surface area contributed by atoms with Crippen molar-refractivity contribution in [2.24, 2.45) is 28.6 Å². The van der Waals surface area contributed by atoms with Gasteiger partial charge in [0.1, 0.15) is 6.10 Å². The van der Waals surface area contributed by atoms with E-state index in [-0.39, 0.29) is 12.1 Å². The molecule has 0 amide bonds. The number of fused-ring (bicyclic) bond motifs is 2. The number of carbonyl (C=O) groups is 1. The average Bonchev–Trinajstić information content (AvgIpc) is 2.80. The van der Waals surface area contributed by atoms with Crippen LogP contribution in [0.2, 0.25) is 0 Å². The molecule has 3 rings (SSSR count). The Hall–Kier alpha value is -0.790. The summed E-state index contributed by atoms with van der Waals surface area (Å²) in [6.45, 7) is 11.0. The minimum absolute atomic E-state index is 0.125. The van der Waals surface area contributed by atoms with E-state index in [0.29, 0.717) is 10.8 Å². The maximum atomic E-state index is 11.5. The Labute approximate surface area is 129 Å². The van der Waals surface area contributed by atoms with E-state index in [2.05, 4.69) is 27.4 Å². The van der Waals surface area contributed by atoms with Crippen LogP contribution in [0, 0.1) is 28.6 Å². The summed E-state index contributed by atoms with van der Waals surface area (Å²) in [5.41, 5.74) is 0.981. The lowest BCUT2D eigenvalue weighted by Crippen LogP contribution is -2.38. The number of esters is 1. The van der Waals surface area contributed by atoms with Gasteiger partial charge in [0, 0.05) is 6.08 Å². The number of carbonyl (C=O) groups excluding carboxylic acids is 1. The van der Waals surface area contributed by atoms with Gasteiger partial charge in [-0.2, -0.15) is 0 Å². The molecular formula is C19H30O2. The second-order valence-corrected chi connectivity index (χ2v) is 8.41. The van der Waals surface area contributed by atoms with Gasteiger partial charge in [-0.3, -0.25) is 0 Å². The first-order valence-electron chi connectivity index (χ1n) is 8.71. The second kappa shape index (κ2) is 5.14. The third-order valence-electron chi connectivity index (χ3n) is 7.55. The van der Waals surface area contributed by atoms with Crippen LogP contribution in [0.1, 0.15) is 65.7 Å². The fourth-order valence-corrected chi connectivity index (χ4v) is 5.84. The predicted octanol–water partition coefficient (Wildman–Crippen LogP) is 4.74. The van der Waals surface area contributed by atoms with Gasteiger partial charge in [-0.1, -0.05) is 27.4 Å². The van der Waals surface area contributed by atoms with Crippen LogP contribution in [0.25, 0.3) is 0 Å². The van der Waals surface area contributed by atoms with Gasteiger partial charge < -0.3 is 4.74 Å². The van der Waals surface area contributed by atoms with E-state index < -0.39 is 0 Å². The molecule has 5 atom stereocenters. The zero-order valence-electron chi connectivity index (χ0n) is 13.9. The highest BCUT2D eigenvalue weighted by atomic mass is 16.5. The van der Waals surface area contributed by atoms with Crippen molar-refractivity contribution >= 4 is 5.97 Å². The summed E-state index contributed by atoms with van der Waals surface area (Å²) < 4.78 is 5.54. The minimum atomic E-state index is -0.250. The molecule has 0 radical (unpaired) electrons. The molecule has 0 unspecified atom stereocenters. The van der Waals surface area contributed by atoms with Crippen molar-refractivity contribution in [3.05, 3.63) is 12.7 Å².